The third kappa shape index (κ3) is 4.06. The first-order valence-electron chi connectivity index (χ1n) is 8.45. The summed E-state index contributed by atoms with van der Waals surface area (Å²) < 4.78 is 5.58. The smallest absolute Gasteiger partial charge is 0.223 e. The number of carbonyl (C=O) groups excluding carboxylic acids is 1. The summed E-state index contributed by atoms with van der Waals surface area (Å²) in [6.07, 6.45) is 3.77. The highest BCUT2D eigenvalue weighted by Gasteiger charge is 2.39. The van der Waals surface area contributed by atoms with Gasteiger partial charge >= 0.3 is 0 Å². The molecule has 1 aliphatic carbocycles. The van der Waals surface area contributed by atoms with Gasteiger partial charge in [0.2, 0.25) is 5.91 Å². The highest BCUT2D eigenvalue weighted by Crippen LogP contribution is 2.32. The molecule has 4 nitrogen and oxygen atoms in total. The van der Waals surface area contributed by atoms with Crippen molar-refractivity contribution in [2.75, 3.05) is 19.8 Å². The number of morpholine rings is 1. The summed E-state index contributed by atoms with van der Waals surface area (Å²) in [5.41, 5.74) is 1.12. The molecule has 23 heavy (non-hydrogen) atoms. The van der Waals surface area contributed by atoms with Gasteiger partial charge in [0.25, 0.3) is 0 Å². The lowest BCUT2D eigenvalue weighted by Gasteiger charge is -2.40. The molecule has 5 heteroatoms. The van der Waals surface area contributed by atoms with Crippen molar-refractivity contribution in [2.45, 2.75) is 44.2 Å². The van der Waals surface area contributed by atoms with Gasteiger partial charge in [-0.1, -0.05) is 30.2 Å². The molecule has 3 rings (SSSR count). The predicted octanol–water partition coefficient (Wildman–Crippen LogP) is 2.66. The first kappa shape index (κ1) is 16.7. The van der Waals surface area contributed by atoms with Crippen molar-refractivity contribution < 1.29 is 14.6 Å². The molecule has 0 bridgehead atoms. The van der Waals surface area contributed by atoms with E-state index in [9.17, 15) is 9.90 Å². The van der Waals surface area contributed by atoms with Crippen LogP contribution in [0.3, 0.4) is 0 Å². The molecule has 0 unspecified atom stereocenters. The molecule has 1 amide bonds. The van der Waals surface area contributed by atoms with Crippen molar-refractivity contribution in [3.63, 3.8) is 0 Å². The van der Waals surface area contributed by atoms with Gasteiger partial charge in [-0.3, -0.25) is 4.79 Å². The maximum Gasteiger partial charge on any atom is 0.223 e. The van der Waals surface area contributed by atoms with E-state index in [-0.39, 0.29) is 24.0 Å². The fourth-order valence-corrected chi connectivity index (χ4v) is 3.88. The van der Waals surface area contributed by atoms with Gasteiger partial charge in [0.05, 0.1) is 25.4 Å². The molecule has 1 saturated heterocycles. The molecule has 2 aliphatic rings. The Morgan fingerprint density at radius 1 is 1.30 bits per heavy atom. The molecule has 0 spiro atoms. The van der Waals surface area contributed by atoms with Crippen LogP contribution in [0, 0.1) is 5.92 Å². The van der Waals surface area contributed by atoms with Crippen LogP contribution in [-0.4, -0.2) is 47.8 Å². The lowest BCUT2D eigenvalue weighted by atomic mass is 9.93. The van der Waals surface area contributed by atoms with Gasteiger partial charge in [-0.15, -0.1) is 0 Å². The minimum Gasteiger partial charge on any atom is -0.393 e. The number of rotatable bonds is 4. The number of aliphatic hydroxyl groups excluding tert-OH is 1. The molecule has 1 aromatic rings. The number of benzene rings is 1. The number of ether oxygens (including phenoxy) is 1. The number of carbonyl (C=O) groups is 1. The summed E-state index contributed by atoms with van der Waals surface area (Å²) >= 11 is 5.89. The van der Waals surface area contributed by atoms with Crippen LogP contribution in [0.1, 0.15) is 31.2 Å². The molecule has 0 radical (unpaired) electrons. The Balaban J connectivity index is 1.60. The highest BCUT2D eigenvalue weighted by molar-refractivity contribution is 6.30. The number of hydrogen-bond donors (Lipinski definition) is 1. The predicted molar refractivity (Wildman–Crippen MR) is 89.4 cm³/mol. The van der Waals surface area contributed by atoms with E-state index in [0.29, 0.717) is 37.6 Å². The van der Waals surface area contributed by atoms with Crippen molar-refractivity contribution in [2.24, 2.45) is 5.92 Å². The van der Waals surface area contributed by atoms with E-state index in [1.807, 2.05) is 29.2 Å². The van der Waals surface area contributed by atoms with Crippen LogP contribution >= 0.6 is 11.6 Å². The Bertz CT molecular complexity index is 534. The normalized spacial score (nSPS) is 28.1. The third-order valence-electron chi connectivity index (χ3n) is 5.05. The summed E-state index contributed by atoms with van der Waals surface area (Å²) in [5.74, 6) is 0.321. The van der Waals surface area contributed by atoms with E-state index >= 15 is 0 Å². The zero-order valence-electron chi connectivity index (χ0n) is 13.3. The first-order chi connectivity index (χ1) is 11.1. The molecule has 1 N–H and O–H groups in total. The average Bonchev–Trinajstić information content (AvgIpc) is 3.00. The maximum atomic E-state index is 12.7. The van der Waals surface area contributed by atoms with E-state index in [2.05, 4.69) is 0 Å². The quantitative estimate of drug-likeness (QED) is 0.919. The van der Waals surface area contributed by atoms with Crippen LogP contribution in [0.15, 0.2) is 24.3 Å². The van der Waals surface area contributed by atoms with Crippen molar-refractivity contribution in [3.05, 3.63) is 34.9 Å². The number of amides is 1. The minimum absolute atomic E-state index is 0.0268. The molecule has 0 aromatic heterocycles. The fourth-order valence-electron chi connectivity index (χ4n) is 3.75. The third-order valence-corrected chi connectivity index (χ3v) is 5.30. The second-order valence-electron chi connectivity index (χ2n) is 6.52. The number of aliphatic hydroxyl groups is 1. The topological polar surface area (TPSA) is 49.8 Å². The SMILES string of the molecule is O=C(CCc1ccc(Cl)cc1)N1CCOC[C@@H]1[C@H]1CCC[C@H]1O. The van der Waals surface area contributed by atoms with E-state index in [1.54, 1.807) is 0 Å². The zero-order valence-corrected chi connectivity index (χ0v) is 14.0. The summed E-state index contributed by atoms with van der Waals surface area (Å²) in [4.78, 5) is 14.6. The Morgan fingerprint density at radius 2 is 2.09 bits per heavy atom. The number of hydrogen-bond acceptors (Lipinski definition) is 3. The largest absolute Gasteiger partial charge is 0.393 e. The number of halogens is 1. The monoisotopic (exact) mass is 337 g/mol. The first-order valence-corrected chi connectivity index (χ1v) is 8.82. The van der Waals surface area contributed by atoms with Gasteiger partial charge in [0.15, 0.2) is 0 Å². The van der Waals surface area contributed by atoms with Crippen molar-refractivity contribution in [3.8, 4) is 0 Å². The van der Waals surface area contributed by atoms with E-state index in [0.717, 1.165) is 24.8 Å². The maximum absolute atomic E-state index is 12.7. The molecule has 2 fully saturated rings. The van der Waals surface area contributed by atoms with E-state index in [4.69, 9.17) is 16.3 Å². The molecular weight excluding hydrogens is 314 g/mol. The van der Waals surface area contributed by atoms with Crippen LogP contribution in [0.4, 0.5) is 0 Å². The highest BCUT2D eigenvalue weighted by atomic mass is 35.5. The van der Waals surface area contributed by atoms with Crippen LogP contribution < -0.4 is 0 Å². The van der Waals surface area contributed by atoms with Gasteiger partial charge in [0.1, 0.15) is 0 Å². The lowest BCUT2D eigenvalue weighted by molar-refractivity contribution is -0.143. The molecule has 126 valence electrons. The summed E-state index contributed by atoms with van der Waals surface area (Å²) in [6, 6.07) is 7.67. The van der Waals surface area contributed by atoms with Crippen LogP contribution in [-0.2, 0) is 16.0 Å². The summed E-state index contributed by atoms with van der Waals surface area (Å²) in [7, 11) is 0. The number of nitrogens with zero attached hydrogens (tertiary/aromatic N) is 1. The molecule has 1 saturated carbocycles. The summed E-state index contributed by atoms with van der Waals surface area (Å²) in [6.45, 7) is 1.77. The van der Waals surface area contributed by atoms with Gasteiger partial charge in [-0.05, 0) is 37.0 Å². The van der Waals surface area contributed by atoms with Crippen molar-refractivity contribution in [1.29, 1.82) is 0 Å². The van der Waals surface area contributed by atoms with E-state index < -0.39 is 0 Å². The molecule has 1 aromatic carbocycles. The molecule has 3 atom stereocenters. The Hall–Kier alpha value is -1.10. The van der Waals surface area contributed by atoms with Gasteiger partial charge < -0.3 is 14.7 Å². The second-order valence-corrected chi connectivity index (χ2v) is 6.95. The van der Waals surface area contributed by atoms with Gasteiger partial charge in [-0.25, -0.2) is 0 Å². The van der Waals surface area contributed by atoms with Gasteiger partial charge in [0, 0.05) is 23.9 Å². The van der Waals surface area contributed by atoms with E-state index in [1.165, 1.54) is 0 Å². The molecular formula is C18H24ClNO3. The van der Waals surface area contributed by atoms with Crippen LogP contribution in [0.5, 0.6) is 0 Å². The Labute approximate surface area is 142 Å². The van der Waals surface area contributed by atoms with Crippen molar-refractivity contribution >= 4 is 17.5 Å². The minimum atomic E-state index is -0.298. The zero-order chi connectivity index (χ0) is 16.2. The van der Waals surface area contributed by atoms with Crippen LogP contribution in [0.25, 0.3) is 0 Å². The van der Waals surface area contributed by atoms with Gasteiger partial charge in [-0.2, -0.15) is 0 Å². The lowest BCUT2D eigenvalue weighted by Crippen LogP contribution is -2.53. The Morgan fingerprint density at radius 3 is 2.78 bits per heavy atom. The standard InChI is InChI=1S/C18H24ClNO3/c19-14-7-4-13(5-8-14)6-9-18(22)20-10-11-23-12-16(20)15-2-1-3-17(15)21/h4-5,7-8,15-17,21H,1-3,6,9-12H2/t15-,16-,17-/m1/s1. The molecule has 1 aliphatic heterocycles. The van der Waals surface area contributed by atoms with Crippen LogP contribution in [0.2, 0.25) is 5.02 Å². The second kappa shape index (κ2) is 7.65. The summed E-state index contributed by atoms with van der Waals surface area (Å²) in [5, 5.41) is 10.9. The fraction of sp³-hybridized carbons (Fsp3) is 0.611. The average molecular weight is 338 g/mol. The molecule has 1 heterocycles. The van der Waals surface area contributed by atoms with Crippen molar-refractivity contribution in [1.82, 2.24) is 4.90 Å². The number of aryl methyl sites for hydroxylation is 1. The Kier molecular flexibility index (Phi) is 5.57.